The summed E-state index contributed by atoms with van der Waals surface area (Å²) in [6.45, 7) is 4.27. The maximum Gasteiger partial charge on any atom is 0.251 e. The predicted molar refractivity (Wildman–Crippen MR) is 104 cm³/mol. The molecule has 1 N–H and O–H groups in total. The second kappa shape index (κ2) is 9.62. The molecule has 0 atom stereocenters. The predicted octanol–water partition coefficient (Wildman–Crippen LogP) is 3.22. The Balaban J connectivity index is 2.05. The number of nitrogens with zero attached hydrogens (tertiary/aromatic N) is 1. The van der Waals surface area contributed by atoms with E-state index in [4.69, 9.17) is 0 Å². The van der Waals surface area contributed by atoms with E-state index >= 15 is 0 Å². The highest BCUT2D eigenvalue weighted by Crippen LogP contribution is 2.20. The van der Waals surface area contributed by atoms with Gasteiger partial charge in [-0.15, -0.1) is 0 Å². The maximum absolute atomic E-state index is 14.1. The van der Waals surface area contributed by atoms with Crippen molar-refractivity contribution in [2.45, 2.75) is 31.6 Å². The number of amides is 1. The highest BCUT2D eigenvalue weighted by molar-refractivity contribution is 7.89. The second-order valence-electron chi connectivity index (χ2n) is 6.08. The molecular weight excluding hydrogens is 367 g/mol. The van der Waals surface area contributed by atoms with Crippen LogP contribution < -0.4 is 5.32 Å². The molecule has 0 fully saturated rings. The summed E-state index contributed by atoms with van der Waals surface area (Å²) in [6.07, 6.45) is 1.58. The van der Waals surface area contributed by atoms with Crippen LogP contribution in [-0.4, -0.2) is 38.3 Å². The molecule has 0 aromatic heterocycles. The lowest BCUT2D eigenvalue weighted by molar-refractivity contribution is 0.0953. The van der Waals surface area contributed by atoms with E-state index in [0.29, 0.717) is 6.54 Å². The lowest BCUT2D eigenvalue weighted by atomic mass is 10.1. The number of rotatable bonds is 9. The van der Waals surface area contributed by atoms with Gasteiger partial charge in [0.05, 0.1) is 0 Å². The van der Waals surface area contributed by atoms with Crippen LogP contribution in [0.25, 0.3) is 0 Å². The first-order valence-electron chi connectivity index (χ1n) is 9.02. The van der Waals surface area contributed by atoms with E-state index in [1.165, 1.54) is 11.6 Å². The van der Waals surface area contributed by atoms with Crippen LogP contribution in [0.15, 0.2) is 53.4 Å². The summed E-state index contributed by atoms with van der Waals surface area (Å²) in [5.41, 5.74) is 1.31. The van der Waals surface area contributed by atoms with E-state index in [2.05, 4.69) is 5.32 Å². The van der Waals surface area contributed by atoms with Crippen molar-refractivity contribution in [1.82, 2.24) is 9.62 Å². The van der Waals surface area contributed by atoms with Crippen molar-refractivity contribution in [2.75, 3.05) is 19.6 Å². The largest absolute Gasteiger partial charge is 0.352 e. The zero-order chi connectivity index (χ0) is 19.9. The van der Waals surface area contributed by atoms with Gasteiger partial charge in [-0.05, 0) is 36.6 Å². The normalized spacial score (nSPS) is 11.6. The highest BCUT2D eigenvalue weighted by atomic mass is 32.2. The van der Waals surface area contributed by atoms with Crippen LogP contribution in [0.1, 0.15) is 36.2 Å². The van der Waals surface area contributed by atoms with Crippen molar-refractivity contribution in [2.24, 2.45) is 0 Å². The molecule has 0 heterocycles. The van der Waals surface area contributed by atoms with Crippen LogP contribution in [0.4, 0.5) is 4.39 Å². The fraction of sp³-hybridized carbons (Fsp3) is 0.350. The van der Waals surface area contributed by atoms with E-state index in [-0.39, 0.29) is 18.7 Å². The molecule has 1 amide bonds. The minimum Gasteiger partial charge on any atom is -0.352 e. The average Bonchev–Trinajstić information content (AvgIpc) is 2.67. The molecule has 27 heavy (non-hydrogen) atoms. The van der Waals surface area contributed by atoms with E-state index in [9.17, 15) is 17.6 Å². The van der Waals surface area contributed by atoms with Crippen LogP contribution in [0.5, 0.6) is 0 Å². The summed E-state index contributed by atoms with van der Waals surface area (Å²) in [6, 6.07) is 13.3. The summed E-state index contributed by atoms with van der Waals surface area (Å²) in [4.78, 5) is 11.8. The van der Waals surface area contributed by atoms with Crippen molar-refractivity contribution in [3.05, 3.63) is 65.5 Å². The van der Waals surface area contributed by atoms with Gasteiger partial charge < -0.3 is 5.32 Å². The smallest absolute Gasteiger partial charge is 0.251 e. The Morgan fingerprint density at radius 1 is 1.07 bits per heavy atom. The molecular formula is C20H25FN2O3S. The third kappa shape index (κ3) is 5.37. The van der Waals surface area contributed by atoms with Gasteiger partial charge in [0, 0.05) is 25.2 Å². The molecule has 2 aromatic carbocycles. The first kappa shape index (κ1) is 21.1. The van der Waals surface area contributed by atoms with E-state index in [1.807, 2.05) is 30.3 Å². The lowest BCUT2D eigenvalue weighted by Crippen LogP contribution is -2.32. The Bertz CT molecular complexity index is 866. The first-order chi connectivity index (χ1) is 12.9. The van der Waals surface area contributed by atoms with Gasteiger partial charge in [-0.25, -0.2) is 12.8 Å². The SMILES string of the molecule is CCN(CC)S(=O)(=O)c1cc(C(=O)NCCCc2ccccc2)ccc1F. The van der Waals surface area contributed by atoms with Gasteiger partial charge in [0.2, 0.25) is 10.0 Å². The molecule has 0 aliphatic carbocycles. The molecule has 0 aliphatic rings. The van der Waals surface area contributed by atoms with Gasteiger partial charge in [0.1, 0.15) is 10.7 Å². The summed E-state index contributed by atoms with van der Waals surface area (Å²) in [5, 5.41) is 2.75. The minimum absolute atomic E-state index is 0.127. The van der Waals surface area contributed by atoms with Gasteiger partial charge in [-0.3, -0.25) is 4.79 Å². The van der Waals surface area contributed by atoms with Gasteiger partial charge in [-0.1, -0.05) is 44.2 Å². The second-order valence-corrected chi connectivity index (χ2v) is 7.99. The summed E-state index contributed by atoms with van der Waals surface area (Å²) in [7, 11) is -3.97. The first-order valence-corrected chi connectivity index (χ1v) is 10.5. The summed E-state index contributed by atoms with van der Waals surface area (Å²) < 4.78 is 40.4. The third-order valence-corrected chi connectivity index (χ3v) is 6.35. The number of sulfonamides is 1. The molecule has 0 saturated heterocycles. The number of carbonyl (C=O) groups excluding carboxylic acids is 1. The molecule has 0 aliphatic heterocycles. The molecule has 0 radical (unpaired) electrons. The van der Waals surface area contributed by atoms with Gasteiger partial charge >= 0.3 is 0 Å². The lowest BCUT2D eigenvalue weighted by Gasteiger charge is -2.19. The van der Waals surface area contributed by atoms with Crippen molar-refractivity contribution in [1.29, 1.82) is 0 Å². The molecule has 0 bridgehead atoms. The van der Waals surface area contributed by atoms with Crippen molar-refractivity contribution < 1.29 is 17.6 Å². The van der Waals surface area contributed by atoms with Crippen LogP contribution in [0.3, 0.4) is 0 Å². The number of hydrogen-bond acceptors (Lipinski definition) is 3. The molecule has 0 spiro atoms. The number of benzene rings is 2. The quantitative estimate of drug-likeness (QED) is 0.667. The van der Waals surface area contributed by atoms with Gasteiger partial charge in [-0.2, -0.15) is 4.31 Å². The molecule has 0 saturated carbocycles. The van der Waals surface area contributed by atoms with Crippen molar-refractivity contribution in [3.8, 4) is 0 Å². The van der Waals surface area contributed by atoms with E-state index in [0.717, 1.165) is 29.3 Å². The number of carbonyl (C=O) groups is 1. The standard InChI is InChI=1S/C20H25FN2O3S/c1-3-23(4-2)27(25,26)19-15-17(12-13-18(19)21)20(24)22-14-8-11-16-9-6-5-7-10-16/h5-7,9-10,12-13,15H,3-4,8,11,14H2,1-2H3,(H,22,24). The Hall–Kier alpha value is -2.25. The Kier molecular flexibility index (Phi) is 7.50. The number of nitrogens with one attached hydrogen (secondary N) is 1. The average molecular weight is 392 g/mol. The third-order valence-electron chi connectivity index (χ3n) is 4.29. The van der Waals surface area contributed by atoms with Crippen molar-refractivity contribution >= 4 is 15.9 Å². The molecule has 0 unspecified atom stereocenters. The van der Waals surface area contributed by atoms with Crippen LogP contribution in [0, 0.1) is 5.82 Å². The van der Waals surface area contributed by atoms with Gasteiger partial charge in [0.15, 0.2) is 0 Å². The minimum atomic E-state index is -3.97. The molecule has 146 valence electrons. The van der Waals surface area contributed by atoms with Crippen molar-refractivity contribution in [3.63, 3.8) is 0 Å². The van der Waals surface area contributed by atoms with Crippen LogP contribution in [0.2, 0.25) is 0 Å². The maximum atomic E-state index is 14.1. The van der Waals surface area contributed by atoms with E-state index < -0.39 is 26.6 Å². The zero-order valence-corrected chi connectivity index (χ0v) is 16.4. The summed E-state index contributed by atoms with van der Waals surface area (Å²) >= 11 is 0. The van der Waals surface area contributed by atoms with E-state index in [1.54, 1.807) is 13.8 Å². The zero-order valence-electron chi connectivity index (χ0n) is 15.6. The van der Waals surface area contributed by atoms with Crippen LogP contribution in [-0.2, 0) is 16.4 Å². The highest BCUT2D eigenvalue weighted by Gasteiger charge is 2.26. The molecule has 5 nitrogen and oxygen atoms in total. The topological polar surface area (TPSA) is 66.5 Å². The fourth-order valence-corrected chi connectivity index (χ4v) is 4.33. The monoisotopic (exact) mass is 392 g/mol. The fourth-order valence-electron chi connectivity index (χ4n) is 2.79. The number of halogens is 1. The molecule has 2 aromatic rings. The number of aryl methyl sites for hydroxylation is 1. The Labute approximate surface area is 160 Å². The number of hydrogen-bond donors (Lipinski definition) is 1. The molecule has 2 rings (SSSR count). The Morgan fingerprint density at radius 2 is 1.74 bits per heavy atom. The molecule has 7 heteroatoms. The summed E-state index contributed by atoms with van der Waals surface area (Å²) in [5.74, 6) is -1.28. The van der Waals surface area contributed by atoms with Crippen LogP contribution >= 0.6 is 0 Å². The Morgan fingerprint density at radius 3 is 2.37 bits per heavy atom. The van der Waals surface area contributed by atoms with Gasteiger partial charge in [0.25, 0.3) is 5.91 Å².